The molecule has 0 saturated carbocycles. The van der Waals surface area contributed by atoms with E-state index in [0.717, 1.165) is 12.0 Å². The highest BCUT2D eigenvalue weighted by atomic mass is 35.5. The monoisotopic (exact) mass is 552 g/mol. The molecule has 0 fully saturated rings. The van der Waals surface area contributed by atoms with E-state index in [0.29, 0.717) is 40.4 Å². The van der Waals surface area contributed by atoms with Gasteiger partial charge in [-0.1, -0.05) is 55.2 Å². The summed E-state index contributed by atoms with van der Waals surface area (Å²) in [7, 11) is 0. The number of esters is 1. The highest BCUT2D eigenvalue weighted by Gasteiger charge is 2.31. The average Bonchev–Trinajstić information content (AvgIpc) is 2.87. The second kappa shape index (κ2) is 12.1. The fourth-order valence-electron chi connectivity index (χ4n) is 3.93. The van der Waals surface area contributed by atoms with Crippen LogP contribution in [0.15, 0.2) is 72.1 Å². The number of halogens is 2. The van der Waals surface area contributed by atoms with Gasteiger partial charge >= 0.3 is 5.97 Å². The largest absolute Gasteiger partial charge is 0.494 e. The SMILES string of the molecule is CC(C)CCOc1cccc(C2C(C#N)=C(N)Oc3cc(OC(=O)COc4ccc(Cl)cc4Cl)ccc32)c1. The van der Waals surface area contributed by atoms with Crippen LogP contribution in [-0.2, 0) is 4.79 Å². The number of allylic oxidation sites excluding steroid dienone is 1. The molecule has 196 valence electrons. The number of ether oxygens (including phenoxy) is 4. The molecule has 9 heteroatoms. The van der Waals surface area contributed by atoms with Crippen LogP contribution in [0.1, 0.15) is 37.3 Å². The number of nitrogens with zero attached hydrogens (tertiary/aromatic N) is 1. The number of hydrogen-bond acceptors (Lipinski definition) is 7. The number of rotatable bonds is 9. The van der Waals surface area contributed by atoms with Gasteiger partial charge < -0.3 is 24.7 Å². The van der Waals surface area contributed by atoms with E-state index < -0.39 is 11.9 Å². The first kappa shape index (κ1) is 27.2. The third-order valence-electron chi connectivity index (χ3n) is 5.82. The molecule has 1 atom stereocenters. The first-order valence-electron chi connectivity index (χ1n) is 12.0. The molecule has 0 amide bonds. The number of nitriles is 1. The van der Waals surface area contributed by atoms with E-state index in [1.165, 1.54) is 6.07 Å². The van der Waals surface area contributed by atoms with Gasteiger partial charge in [-0.05, 0) is 54.3 Å². The van der Waals surface area contributed by atoms with Gasteiger partial charge in [-0.15, -0.1) is 0 Å². The van der Waals surface area contributed by atoms with Crippen LogP contribution in [0, 0.1) is 17.2 Å². The molecule has 1 heterocycles. The molecule has 7 nitrogen and oxygen atoms in total. The summed E-state index contributed by atoms with van der Waals surface area (Å²) in [6.07, 6.45) is 0.930. The minimum Gasteiger partial charge on any atom is -0.494 e. The minimum absolute atomic E-state index is 0.0136. The number of carbonyl (C=O) groups is 1. The predicted octanol–water partition coefficient (Wildman–Crippen LogP) is 6.62. The van der Waals surface area contributed by atoms with Crippen LogP contribution >= 0.6 is 23.2 Å². The van der Waals surface area contributed by atoms with Crippen molar-refractivity contribution in [3.05, 3.63) is 93.3 Å². The van der Waals surface area contributed by atoms with E-state index in [1.54, 1.807) is 30.3 Å². The zero-order valence-corrected chi connectivity index (χ0v) is 22.4. The van der Waals surface area contributed by atoms with Gasteiger partial charge in [-0.25, -0.2) is 4.79 Å². The fraction of sp³-hybridized carbons (Fsp3) is 0.241. The molecule has 0 radical (unpaired) electrons. The first-order chi connectivity index (χ1) is 18.2. The Labute approximate surface area is 231 Å². The molecule has 0 aromatic heterocycles. The molecule has 0 aliphatic carbocycles. The molecular weight excluding hydrogens is 527 g/mol. The number of hydrogen-bond donors (Lipinski definition) is 1. The summed E-state index contributed by atoms with van der Waals surface area (Å²) in [5.41, 5.74) is 7.95. The fourth-order valence-corrected chi connectivity index (χ4v) is 4.39. The summed E-state index contributed by atoms with van der Waals surface area (Å²) >= 11 is 12.0. The topological polar surface area (TPSA) is 104 Å². The Kier molecular flexibility index (Phi) is 8.67. The maximum Gasteiger partial charge on any atom is 0.349 e. The van der Waals surface area contributed by atoms with Crippen molar-refractivity contribution in [3.8, 4) is 29.1 Å². The van der Waals surface area contributed by atoms with E-state index in [-0.39, 0.29) is 28.8 Å². The van der Waals surface area contributed by atoms with Gasteiger partial charge in [0.05, 0.1) is 17.5 Å². The maximum absolute atomic E-state index is 12.4. The van der Waals surface area contributed by atoms with Gasteiger partial charge in [-0.2, -0.15) is 5.26 Å². The van der Waals surface area contributed by atoms with Crippen molar-refractivity contribution in [1.29, 1.82) is 5.26 Å². The standard InChI is InChI=1S/C29H26Cl2N2O5/c1-17(2)10-11-35-20-5-3-4-18(12-20)28-22-8-7-21(14-26(22)38-29(33)23(28)15-32)37-27(34)16-36-25-9-6-19(30)13-24(25)31/h3-9,12-14,17,28H,10-11,16,33H2,1-2H3. The zero-order valence-electron chi connectivity index (χ0n) is 20.9. The number of nitrogens with two attached hydrogens (primary N) is 1. The first-order valence-corrected chi connectivity index (χ1v) is 12.7. The number of carbonyl (C=O) groups excluding carboxylic acids is 1. The lowest BCUT2D eigenvalue weighted by Gasteiger charge is -2.27. The Balaban J connectivity index is 1.52. The van der Waals surface area contributed by atoms with E-state index in [9.17, 15) is 10.1 Å². The molecule has 0 spiro atoms. The van der Waals surface area contributed by atoms with Crippen molar-refractivity contribution in [3.63, 3.8) is 0 Å². The Hall–Kier alpha value is -3.86. The van der Waals surface area contributed by atoms with E-state index in [1.807, 2.05) is 24.3 Å². The quantitative estimate of drug-likeness (QED) is 0.235. The van der Waals surface area contributed by atoms with Crippen molar-refractivity contribution in [2.75, 3.05) is 13.2 Å². The van der Waals surface area contributed by atoms with Crippen LogP contribution < -0.4 is 24.7 Å². The molecule has 3 aromatic rings. The smallest absolute Gasteiger partial charge is 0.349 e. The second-order valence-electron chi connectivity index (χ2n) is 9.07. The zero-order chi connectivity index (χ0) is 27.2. The predicted molar refractivity (Wildman–Crippen MR) is 145 cm³/mol. The normalized spacial score (nSPS) is 14.4. The lowest BCUT2D eigenvalue weighted by atomic mass is 9.83. The molecule has 1 aliphatic rings. The lowest BCUT2D eigenvalue weighted by molar-refractivity contribution is -0.136. The Morgan fingerprint density at radius 3 is 2.63 bits per heavy atom. The van der Waals surface area contributed by atoms with Crippen LogP contribution in [0.3, 0.4) is 0 Å². The number of benzene rings is 3. The summed E-state index contributed by atoms with van der Waals surface area (Å²) < 4.78 is 22.5. The molecular formula is C29H26Cl2N2O5. The lowest BCUT2D eigenvalue weighted by Crippen LogP contribution is -2.22. The van der Waals surface area contributed by atoms with Crippen molar-refractivity contribution in [2.45, 2.75) is 26.2 Å². The van der Waals surface area contributed by atoms with Gasteiger partial charge in [0.1, 0.15) is 34.6 Å². The molecule has 1 aliphatic heterocycles. The molecule has 0 saturated heterocycles. The van der Waals surface area contributed by atoms with E-state index >= 15 is 0 Å². The van der Waals surface area contributed by atoms with Crippen LogP contribution in [-0.4, -0.2) is 19.2 Å². The van der Waals surface area contributed by atoms with Gasteiger partial charge in [0.15, 0.2) is 6.61 Å². The Morgan fingerprint density at radius 2 is 1.89 bits per heavy atom. The molecule has 38 heavy (non-hydrogen) atoms. The van der Waals surface area contributed by atoms with Gasteiger partial charge in [0.25, 0.3) is 0 Å². The van der Waals surface area contributed by atoms with Gasteiger partial charge in [0.2, 0.25) is 5.88 Å². The van der Waals surface area contributed by atoms with Gasteiger partial charge in [0, 0.05) is 16.7 Å². The highest BCUT2D eigenvalue weighted by molar-refractivity contribution is 6.35. The third kappa shape index (κ3) is 6.52. The maximum atomic E-state index is 12.4. The molecule has 0 bridgehead atoms. The van der Waals surface area contributed by atoms with E-state index in [4.69, 9.17) is 47.9 Å². The summed E-state index contributed by atoms with van der Waals surface area (Å²) in [5, 5.41) is 10.6. The van der Waals surface area contributed by atoms with Crippen LogP contribution in [0.25, 0.3) is 0 Å². The van der Waals surface area contributed by atoms with E-state index in [2.05, 4.69) is 19.9 Å². The molecule has 3 aromatic carbocycles. The minimum atomic E-state index is -0.643. The van der Waals surface area contributed by atoms with Crippen molar-refractivity contribution >= 4 is 29.2 Å². The Bertz CT molecular complexity index is 1410. The van der Waals surface area contributed by atoms with Crippen LogP contribution in [0.5, 0.6) is 23.0 Å². The van der Waals surface area contributed by atoms with Gasteiger partial charge in [-0.3, -0.25) is 0 Å². The van der Waals surface area contributed by atoms with Crippen LogP contribution in [0.4, 0.5) is 0 Å². The summed E-state index contributed by atoms with van der Waals surface area (Å²) in [6, 6.07) is 19.4. The molecule has 1 unspecified atom stereocenters. The average molecular weight is 553 g/mol. The highest BCUT2D eigenvalue weighted by Crippen LogP contribution is 2.44. The third-order valence-corrected chi connectivity index (χ3v) is 6.35. The molecule has 4 rings (SSSR count). The molecule has 2 N–H and O–H groups in total. The second-order valence-corrected chi connectivity index (χ2v) is 9.91. The van der Waals surface area contributed by atoms with Crippen molar-refractivity contribution in [1.82, 2.24) is 0 Å². The van der Waals surface area contributed by atoms with Crippen molar-refractivity contribution < 1.29 is 23.7 Å². The summed E-state index contributed by atoms with van der Waals surface area (Å²) in [5.74, 6) is 1.02. The van der Waals surface area contributed by atoms with Crippen LogP contribution in [0.2, 0.25) is 10.0 Å². The summed E-state index contributed by atoms with van der Waals surface area (Å²) in [4.78, 5) is 12.4. The number of fused-ring (bicyclic) bond motifs is 1. The summed E-state index contributed by atoms with van der Waals surface area (Å²) in [6.45, 7) is 4.50. The Morgan fingerprint density at radius 1 is 1.08 bits per heavy atom. The van der Waals surface area contributed by atoms with Crippen molar-refractivity contribution in [2.24, 2.45) is 11.7 Å².